The highest BCUT2D eigenvalue weighted by Crippen LogP contribution is 2.27. The maximum absolute atomic E-state index is 14.0. The lowest BCUT2D eigenvalue weighted by molar-refractivity contribution is 0.0593. The van der Waals surface area contributed by atoms with E-state index in [1.165, 1.54) is 25.5 Å². The lowest BCUT2D eigenvalue weighted by Gasteiger charge is -2.13. The van der Waals surface area contributed by atoms with Crippen LogP contribution in [0.4, 0.5) is 10.2 Å². The maximum atomic E-state index is 14.0. The summed E-state index contributed by atoms with van der Waals surface area (Å²) in [5.41, 5.74) is 0.708. The Morgan fingerprint density at radius 3 is 2.83 bits per heavy atom. The summed E-state index contributed by atoms with van der Waals surface area (Å²) in [7, 11) is 1.25. The van der Waals surface area contributed by atoms with E-state index in [9.17, 15) is 9.18 Å². The normalized spacial score (nSPS) is 10.9. The summed E-state index contributed by atoms with van der Waals surface area (Å²) in [5.74, 6) is -0.190. The molecule has 0 amide bonds. The van der Waals surface area contributed by atoms with E-state index in [2.05, 4.69) is 15.3 Å². The first-order valence-electron chi connectivity index (χ1n) is 9.03. The van der Waals surface area contributed by atoms with Gasteiger partial charge in [-0.05, 0) is 43.3 Å². The summed E-state index contributed by atoms with van der Waals surface area (Å²) >= 11 is 5.77. The van der Waals surface area contributed by atoms with Crippen LogP contribution < -0.4 is 5.32 Å². The second kappa shape index (κ2) is 9.89. The number of hydrogen-bond acceptors (Lipinski definition) is 7. The third-order valence-corrected chi connectivity index (χ3v) is 4.32. The lowest BCUT2D eigenvalue weighted by Crippen LogP contribution is -2.13. The van der Waals surface area contributed by atoms with E-state index in [-0.39, 0.29) is 16.5 Å². The molecule has 0 bridgehead atoms. The van der Waals surface area contributed by atoms with E-state index in [0.29, 0.717) is 35.9 Å². The number of benzene rings is 1. The van der Waals surface area contributed by atoms with Crippen LogP contribution in [0, 0.1) is 5.82 Å². The zero-order valence-corrected chi connectivity index (χ0v) is 17.1. The highest BCUT2D eigenvalue weighted by Gasteiger charge is 2.21. The van der Waals surface area contributed by atoms with Crippen molar-refractivity contribution in [1.82, 2.24) is 9.97 Å². The highest BCUT2D eigenvalue weighted by atomic mass is 35.5. The van der Waals surface area contributed by atoms with Gasteiger partial charge in [0.25, 0.3) is 0 Å². The molecule has 0 radical (unpaired) electrons. The summed E-state index contributed by atoms with van der Waals surface area (Å²) in [5, 5.41) is 3.09. The van der Waals surface area contributed by atoms with Crippen molar-refractivity contribution in [2.45, 2.75) is 13.5 Å². The number of hydrogen-bond donors (Lipinski definition) is 1. The zero-order chi connectivity index (χ0) is 21.5. The molecule has 0 aliphatic heterocycles. The zero-order valence-electron chi connectivity index (χ0n) is 16.3. The Labute approximate surface area is 177 Å². The molecule has 0 aliphatic carbocycles. The van der Waals surface area contributed by atoms with Gasteiger partial charge in [-0.1, -0.05) is 11.6 Å². The van der Waals surface area contributed by atoms with Crippen molar-refractivity contribution in [3.05, 3.63) is 70.7 Å². The summed E-state index contributed by atoms with van der Waals surface area (Å²) in [6.07, 6.45) is 4.55. The van der Waals surface area contributed by atoms with Crippen molar-refractivity contribution in [2.75, 3.05) is 19.0 Å². The fraction of sp³-hybridized carbons (Fsp3) is 0.190. The average Bonchev–Trinajstić information content (AvgIpc) is 3.27. The minimum atomic E-state index is -0.676. The van der Waals surface area contributed by atoms with E-state index in [1.54, 1.807) is 30.5 Å². The Morgan fingerprint density at radius 2 is 2.17 bits per heavy atom. The molecule has 2 aromatic heterocycles. The van der Waals surface area contributed by atoms with Crippen molar-refractivity contribution < 1.29 is 23.1 Å². The van der Waals surface area contributed by atoms with E-state index < -0.39 is 11.8 Å². The van der Waals surface area contributed by atoms with Crippen molar-refractivity contribution in [3.8, 4) is 11.4 Å². The Kier molecular flexibility index (Phi) is 7.03. The SMILES string of the molecule is CCO/C=C/c1c(NCc2ccco2)nc(-c2ccc(Cl)c(F)c2)nc1C(=O)OC. The number of nitrogens with zero attached hydrogens (tertiary/aromatic N) is 2. The van der Waals surface area contributed by atoms with Crippen molar-refractivity contribution in [1.29, 1.82) is 0 Å². The first-order valence-corrected chi connectivity index (χ1v) is 9.41. The predicted molar refractivity (Wildman–Crippen MR) is 110 cm³/mol. The third kappa shape index (κ3) is 4.96. The Bertz CT molecular complexity index is 1050. The number of furan rings is 1. The summed E-state index contributed by atoms with van der Waals surface area (Å²) in [6.45, 7) is 2.58. The number of carbonyl (C=O) groups is 1. The van der Waals surface area contributed by atoms with Gasteiger partial charge in [-0.25, -0.2) is 19.2 Å². The highest BCUT2D eigenvalue weighted by molar-refractivity contribution is 6.30. The summed E-state index contributed by atoms with van der Waals surface area (Å²) in [6, 6.07) is 7.71. The minimum absolute atomic E-state index is 0.00393. The smallest absolute Gasteiger partial charge is 0.357 e. The van der Waals surface area contributed by atoms with Gasteiger partial charge in [0.05, 0.1) is 43.4 Å². The molecular formula is C21H19ClFN3O4. The first kappa shape index (κ1) is 21.3. The van der Waals surface area contributed by atoms with E-state index in [4.69, 9.17) is 25.5 Å². The van der Waals surface area contributed by atoms with Crippen LogP contribution in [0.5, 0.6) is 0 Å². The van der Waals surface area contributed by atoms with Gasteiger partial charge >= 0.3 is 5.97 Å². The van der Waals surface area contributed by atoms with E-state index >= 15 is 0 Å². The number of ether oxygens (including phenoxy) is 2. The number of nitrogens with one attached hydrogen (secondary N) is 1. The van der Waals surface area contributed by atoms with Gasteiger partial charge in [0.2, 0.25) is 0 Å². The monoisotopic (exact) mass is 431 g/mol. The second-order valence-electron chi connectivity index (χ2n) is 5.97. The second-order valence-corrected chi connectivity index (χ2v) is 6.38. The van der Waals surface area contributed by atoms with Gasteiger partial charge in [-0.2, -0.15) is 0 Å². The molecule has 0 saturated heterocycles. The van der Waals surface area contributed by atoms with Crippen LogP contribution in [0.2, 0.25) is 5.02 Å². The van der Waals surface area contributed by atoms with Crippen LogP contribution in [0.15, 0.2) is 47.3 Å². The van der Waals surface area contributed by atoms with Crippen molar-refractivity contribution >= 4 is 29.5 Å². The summed E-state index contributed by atoms with van der Waals surface area (Å²) in [4.78, 5) is 21.2. The standard InChI is InChI=1S/C21H19ClFN3O4/c1-3-29-10-8-15-18(21(27)28-2)25-19(13-6-7-16(22)17(23)11-13)26-20(15)24-12-14-5-4-9-30-14/h4-11H,3,12H2,1-2H3,(H,24,25,26)/b10-8+. The van der Waals surface area contributed by atoms with Gasteiger partial charge in [-0.3, -0.25) is 0 Å². The van der Waals surface area contributed by atoms with Crippen LogP contribution in [-0.4, -0.2) is 29.7 Å². The Balaban J connectivity index is 2.12. The van der Waals surface area contributed by atoms with Gasteiger partial charge in [0.1, 0.15) is 17.4 Å². The van der Waals surface area contributed by atoms with Gasteiger partial charge < -0.3 is 19.2 Å². The molecule has 156 valence electrons. The minimum Gasteiger partial charge on any atom is -0.501 e. The first-order chi connectivity index (χ1) is 14.5. The molecule has 0 spiro atoms. The number of rotatable bonds is 8. The number of halogens is 2. The number of aromatic nitrogens is 2. The molecule has 3 rings (SSSR count). The average molecular weight is 432 g/mol. The molecule has 30 heavy (non-hydrogen) atoms. The van der Waals surface area contributed by atoms with Gasteiger partial charge in [-0.15, -0.1) is 0 Å². The number of anilines is 1. The van der Waals surface area contributed by atoms with E-state index in [0.717, 1.165) is 0 Å². The van der Waals surface area contributed by atoms with Crippen LogP contribution in [-0.2, 0) is 16.0 Å². The lowest BCUT2D eigenvalue weighted by atomic mass is 10.1. The van der Waals surface area contributed by atoms with E-state index in [1.807, 2.05) is 6.92 Å². The molecule has 0 aliphatic rings. The number of esters is 1. The largest absolute Gasteiger partial charge is 0.501 e. The van der Waals surface area contributed by atoms with Crippen LogP contribution in [0.25, 0.3) is 17.5 Å². The van der Waals surface area contributed by atoms with Crippen LogP contribution in [0.1, 0.15) is 28.7 Å². The number of methoxy groups -OCH3 is 1. The molecule has 0 saturated carbocycles. The van der Waals surface area contributed by atoms with Crippen LogP contribution in [0.3, 0.4) is 0 Å². The fourth-order valence-electron chi connectivity index (χ4n) is 2.58. The molecule has 3 aromatic rings. The fourth-order valence-corrected chi connectivity index (χ4v) is 2.69. The van der Waals surface area contributed by atoms with Crippen LogP contribution >= 0.6 is 11.6 Å². The summed E-state index contributed by atoms with van der Waals surface area (Å²) < 4.78 is 29.4. The third-order valence-electron chi connectivity index (χ3n) is 4.01. The molecule has 0 unspecified atom stereocenters. The molecule has 0 fully saturated rings. The maximum Gasteiger partial charge on any atom is 0.357 e. The molecule has 1 N–H and O–H groups in total. The van der Waals surface area contributed by atoms with Gasteiger partial charge in [0, 0.05) is 5.56 Å². The molecular weight excluding hydrogens is 413 g/mol. The quantitative estimate of drug-likeness (QED) is 0.399. The Morgan fingerprint density at radius 1 is 1.33 bits per heavy atom. The predicted octanol–water partition coefficient (Wildman–Crippen LogP) is 4.94. The molecule has 1 aromatic carbocycles. The molecule has 7 nitrogen and oxygen atoms in total. The van der Waals surface area contributed by atoms with Crippen molar-refractivity contribution in [3.63, 3.8) is 0 Å². The molecule has 9 heteroatoms. The number of carbonyl (C=O) groups excluding carboxylic acids is 1. The molecule has 2 heterocycles. The molecule has 0 atom stereocenters. The van der Waals surface area contributed by atoms with Gasteiger partial charge in [0.15, 0.2) is 11.5 Å². The topological polar surface area (TPSA) is 86.5 Å². The Hall–Kier alpha value is -3.39. The van der Waals surface area contributed by atoms with Crippen molar-refractivity contribution in [2.24, 2.45) is 0 Å².